The van der Waals surface area contributed by atoms with Crippen LogP contribution in [-0.4, -0.2) is 35.3 Å². The van der Waals surface area contributed by atoms with E-state index in [-0.39, 0.29) is 5.60 Å². The molecule has 1 aromatic rings. The molecule has 1 fully saturated rings. The van der Waals surface area contributed by atoms with Gasteiger partial charge in [0.1, 0.15) is 16.8 Å². The predicted octanol–water partition coefficient (Wildman–Crippen LogP) is 2.05. The molecule has 0 aromatic carbocycles. The summed E-state index contributed by atoms with van der Waals surface area (Å²) in [5.41, 5.74) is -0.135. The summed E-state index contributed by atoms with van der Waals surface area (Å²) in [7, 11) is 0. The molecule has 0 atom stereocenters. The SMILES string of the molecule is Cc1nc(Cl)cc(N2CCOC(C)(C)C2)n1. The maximum absolute atomic E-state index is 5.93. The molecule has 0 bridgehead atoms. The Bertz CT molecular complexity index is 375. The zero-order valence-electron chi connectivity index (χ0n) is 9.83. The minimum absolute atomic E-state index is 0.135. The molecule has 0 aliphatic carbocycles. The van der Waals surface area contributed by atoms with Crippen molar-refractivity contribution in [3.8, 4) is 0 Å². The number of anilines is 1. The van der Waals surface area contributed by atoms with Crippen molar-refractivity contribution in [2.24, 2.45) is 0 Å². The zero-order chi connectivity index (χ0) is 11.8. The fraction of sp³-hybridized carbons (Fsp3) is 0.636. The summed E-state index contributed by atoms with van der Waals surface area (Å²) in [5, 5.41) is 0.492. The van der Waals surface area contributed by atoms with E-state index in [1.165, 1.54) is 0 Å². The highest BCUT2D eigenvalue weighted by atomic mass is 35.5. The van der Waals surface area contributed by atoms with Crippen LogP contribution in [-0.2, 0) is 4.74 Å². The molecule has 0 amide bonds. The Kier molecular flexibility index (Phi) is 3.04. The number of nitrogens with zero attached hydrogens (tertiary/aromatic N) is 3. The van der Waals surface area contributed by atoms with Crippen molar-refractivity contribution in [1.82, 2.24) is 9.97 Å². The number of aryl methyl sites for hydroxylation is 1. The predicted molar refractivity (Wildman–Crippen MR) is 64.0 cm³/mol. The molecule has 2 heterocycles. The minimum atomic E-state index is -0.135. The lowest BCUT2D eigenvalue weighted by atomic mass is 10.1. The van der Waals surface area contributed by atoms with Crippen LogP contribution in [0.15, 0.2) is 6.07 Å². The Balaban J connectivity index is 2.23. The molecular weight excluding hydrogens is 226 g/mol. The van der Waals surface area contributed by atoms with E-state index < -0.39 is 0 Å². The lowest BCUT2D eigenvalue weighted by Crippen LogP contribution is -2.48. The first kappa shape index (κ1) is 11.6. The minimum Gasteiger partial charge on any atom is -0.372 e. The molecule has 5 heteroatoms. The lowest BCUT2D eigenvalue weighted by molar-refractivity contribution is -0.0279. The summed E-state index contributed by atoms with van der Waals surface area (Å²) in [4.78, 5) is 10.6. The van der Waals surface area contributed by atoms with Crippen molar-refractivity contribution in [1.29, 1.82) is 0 Å². The van der Waals surface area contributed by atoms with Gasteiger partial charge in [-0.1, -0.05) is 11.6 Å². The van der Waals surface area contributed by atoms with Crippen molar-refractivity contribution in [3.63, 3.8) is 0 Å². The van der Waals surface area contributed by atoms with E-state index in [0.29, 0.717) is 17.6 Å². The smallest absolute Gasteiger partial charge is 0.134 e. The largest absolute Gasteiger partial charge is 0.372 e. The van der Waals surface area contributed by atoms with E-state index in [1.54, 1.807) is 6.07 Å². The second-order valence-electron chi connectivity index (χ2n) is 4.63. The fourth-order valence-electron chi connectivity index (χ4n) is 1.89. The number of rotatable bonds is 1. The highest BCUT2D eigenvalue weighted by Crippen LogP contribution is 2.23. The molecule has 0 spiro atoms. The van der Waals surface area contributed by atoms with Gasteiger partial charge in [-0.2, -0.15) is 0 Å². The first-order valence-corrected chi connectivity index (χ1v) is 5.74. The number of ether oxygens (including phenoxy) is 1. The van der Waals surface area contributed by atoms with Gasteiger partial charge in [0.05, 0.1) is 12.2 Å². The van der Waals surface area contributed by atoms with E-state index in [2.05, 4.69) is 28.7 Å². The monoisotopic (exact) mass is 241 g/mol. The summed E-state index contributed by atoms with van der Waals surface area (Å²) in [5.74, 6) is 1.58. The summed E-state index contributed by atoms with van der Waals surface area (Å²) in [6, 6.07) is 1.80. The number of morpholine rings is 1. The van der Waals surface area contributed by atoms with Crippen LogP contribution < -0.4 is 4.90 Å². The van der Waals surface area contributed by atoms with Gasteiger partial charge in [0.15, 0.2) is 0 Å². The third-order valence-electron chi connectivity index (χ3n) is 2.54. The van der Waals surface area contributed by atoms with E-state index >= 15 is 0 Å². The molecule has 1 aliphatic rings. The van der Waals surface area contributed by atoms with Gasteiger partial charge >= 0.3 is 0 Å². The van der Waals surface area contributed by atoms with Crippen molar-refractivity contribution >= 4 is 17.4 Å². The summed E-state index contributed by atoms with van der Waals surface area (Å²) < 4.78 is 5.66. The number of aromatic nitrogens is 2. The molecule has 2 rings (SSSR count). The third kappa shape index (κ3) is 2.62. The molecule has 1 aliphatic heterocycles. The van der Waals surface area contributed by atoms with Crippen molar-refractivity contribution in [3.05, 3.63) is 17.0 Å². The molecule has 4 nitrogen and oxygen atoms in total. The van der Waals surface area contributed by atoms with Crippen LogP contribution in [0.25, 0.3) is 0 Å². The van der Waals surface area contributed by atoms with Crippen LogP contribution in [0.3, 0.4) is 0 Å². The van der Waals surface area contributed by atoms with Crippen LogP contribution in [0.2, 0.25) is 5.15 Å². The maximum Gasteiger partial charge on any atom is 0.134 e. The second-order valence-corrected chi connectivity index (χ2v) is 5.01. The average Bonchev–Trinajstić information content (AvgIpc) is 2.14. The number of hydrogen-bond donors (Lipinski definition) is 0. The Morgan fingerprint density at radius 3 is 2.81 bits per heavy atom. The Morgan fingerprint density at radius 2 is 2.19 bits per heavy atom. The topological polar surface area (TPSA) is 38.2 Å². The van der Waals surface area contributed by atoms with Crippen LogP contribution >= 0.6 is 11.6 Å². The van der Waals surface area contributed by atoms with Gasteiger partial charge < -0.3 is 9.64 Å². The Hall–Kier alpha value is -0.870. The summed E-state index contributed by atoms with van der Waals surface area (Å²) in [6.07, 6.45) is 0. The zero-order valence-corrected chi connectivity index (χ0v) is 10.6. The Morgan fingerprint density at radius 1 is 1.44 bits per heavy atom. The van der Waals surface area contributed by atoms with Gasteiger partial charge in [0, 0.05) is 19.2 Å². The van der Waals surface area contributed by atoms with Crippen LogP contribution in [0.1, 0.15) is 19.7 Å². The second kappa shape index (κ2) is 4.18. The summed E-state index contributed by atoms with van der Waals surface area (Å²) in [6.45, 7) is 8.38. The average molecular weight is 242 g/mol. The third-order valence-corrected chi connectivity index (χ3v) is 2.74. The van der Waals surface area contributed by atoms with Gasteiger partial charge in [-0.3, -0.25) is 0 Å². The molecular formula is C11H16ClN3O. The van der Waals surface area contributed by atoms with Gasteiger partial charge in [0.25, 0.3) is 0 Å². The Labute approximate surface area is 101 Å². The van der Waals surface area contributed by atoms with Gasteiger partial charge in [-0.05, 0) is 20.8 Å². The molecule has 88 valence electrons. The molecule has 1 saturated heterocycles. The molecule has 0 unspecified atom stereocenters. The lowest BCUT2D eigenvalue weighted by Gasteiger charge is -2.38. The van der Waals surface area contributed by atoms with E-state index in [4.69, 9.17) is 16.3 Å². The molecule has 0 radical (unpaired) electrons. The first-order valence-electron chi connectivity index (χ1n) is 5.36. The van der Waals surface area contributed by atoms with E-state index in [1.807, 2.05) is 6.92 Å². The molecule has 16 heavy (non-hydrogen) atoms. The van der Waals surface area contributed by atoms with Crippen LogP contribution in [0, 0.1) is 6.92 Å². The van der Waals surface area contributed by atoms with Gasteiger partial charge in [-0.15, -0.1) is 0 Å². The quantitative estimate of drug-likeness (QED) is 0.706. The normalized spacial score (nSPS) is 19.9. The summed E-state index contributed by atoms with van der Waals surface area (Å²) >= 11 is 5.93. The van der Waals surface area contributed by atoms with E-state index in [0.717, 1.165) is 18.9 Å². The standard InChI is InChI=1S/C11H16ClN3O/c1-8-13-9(12)6-10(14-8)15-4-5-16-11(2,3)7-15/h6H,4-5,7H2,1-3H3. The van der Waals surface area contributed by atoms with Crippen LogP contribution in [0.4, 0.5) is 5.82 Å². The van der Waals surface area contributed by atoms with Crippen LogP contribution in [0.5, 0.6) is 0 Å². The number of hydrogen-bond acceptors (Lipinski definition) is 4. The van der Waals surface area contributed by atoms with Crippen molar-refractivity contribution in [2.45, 2.75) is 26.4 Å². The molecule has 1 aromatic heterocycles. The highest BCUT2D eigenvalue weighted by Gasteiger charge is 2.28. The van der Waals surface area contributed by atoms with E-state index in [9.17, 15) is 0 Å². The molecule has 0 saturated carbocycles. The fourth-order valence-corrected chi connectivity index (χ4v) is 2.11. The maximum atomic E-state index is 5.93. The van der Waals surface area contributed by atoms with Crippen molar-refractivity contribution in [2.75, 3.05) is 24.6 Å². The molecule has 0 N–H and O–H groups in total. The van der Waals surface area contributed by atoms with Crippen molar-refractivity contribution < 1.29 is 4.74 Å². The van der Waals surface area contributed by atoms with Gasteiger partial charge in [-0.25, -0.2) is 9.97 Å². The van der Waals surface area contributed by atoms with Gasteiger partial charge in [0.2, 0.25) is 0 Å². The number of halogens is 1. The first-order chi connectivity index (χ1) is 7.46. The highest BCUT2D eigenvalue weighted by molar-refractivity contribution is 6.29.